The van der Waals surface area contributed by atoms with Gasteiger partial charge in [0.05, 0.1) is 12.2 Å². The van der Waals surface area contributed by atoms with Gasteiger partial charge in [0.15, 0.2) is 5.78 Å². The van der Waals surface area contributed by atoms with E-state index in [4.69, 9.17) is 10.5 Å². The molecule has 0 heterocycles. The lowest BCUT2D eigenvalue weighted by atomic mass is 10.0. The lowest BCUT2D eigenvalue weighted by Gasteiger charge is -2.13. The Hall–Kier alpha value is -1.26. The minimum Gasteiger partial charge on any atom is -0.507 e. The Balaban J connectivity index is 0.00000361. The predicted molar refractivity (Wildman–Crippen MR) is 83.1 cm³/mol. The standard InChI is InChI=1S/C15H23NO3.ClH/c1-3-6-12-9-13(11(2)17)14(18)10-15(12)19-8-5-4-7-16;/h9-10,18H,3-8,16H2,1-2H3;1H. The Morgan fingerprint density at radius 2 is 2.05 bits per heavy atom. The highest BCUT2D eigenvalue weighted by atomic mass is 35.5. The normalized spacial score (nSPS) is 9.95. The van der Waals surface area contributed by atoms with Gasteiger partial charge in [-0.2, -0.15) is 0 Å². The second kappa shape index (κ2) is 9.61. The van der Waals surface area contributed by atoms with Crippen molar-refractivity contribution in [3.63, 3.8) is 0 Å². The summed E-state index contributed by atoms with van der Waals surface area (Å²) in [6.45, 7) is 4.75. The van der Waals surface area contributed by atoms with E-state index >= 15 is 0 Å². The number of halogens is 1. The van der Waals surface area contributed by atoms with E-state index in [1.807, 2.05) is 0 Å². The predicted octanol–water partition coefficient (Wildman–Crippen LogP) is 3.09. The van der Waals surface area contributed by atoms with Crippen molar-refractivity contribution in [1.29, 1.82) is 0 Å². The van der Waals surface area contributed by atoms with E-state index in [1.54, 1.807) is 12.1 Å². The van der Waals surface area contributed by atoms with Crippen LogP contribution in [0, 0.1) is 0 Å². The Kier molecular flexibility index (Phi) is 9.01. The Morgan fingerprint density at radius 1 is 1.35 bits per heavy atom. The minimum atomic E-state index is -0.135. The van der Waals surface area contributed by atoms with Gasteiger partial charge in [0.2, 0.25) is 0 Å². The summed E-state index contributed by atoms with van der Waals surface area (Å²) in [5.74, 6) is 0.520. The van der Waals surface area contributed by atoms with Gasteiger partial charge in [0.1, 0.15) is 11.5 Å². The number of ketones is 1. The molecule has 114 valence electrons. The lowest BCUT2D eigenvalue weighted by Crippen LogP contribution is -2.05. The van der Waals surface area contributed by atoms with Crippen molar-refractivity contribution >= 4 is 18.2 Å². The van der Waals surface area contributed by atoms with Crippen molar-refractivity contribution in [3.05, 3.63) is 23.3 Å². The largest absolute Gasteiger partial charge is 0.507 e. The van der Waals surface area contributed by atoms with Crippen LogP contribution < -0.4 is 10.5 Å². The molecule has 0 aromatic heterocycles. The molecule has 0 atom stereocenters. The Labute approximate surface area is 126 Å². The van der Waals surface area contributed by atoms with Gasteiger partial charge in [-0.05, 0) is 44.4 Å². The van der Waals surface area contributed by atoms with E-state index < -0.39 is 0 Å². The summed E-state index contributed by atoms with van der Waals surface area (Å²) in [7, 11) is 0. The molecule has 0 spiro atoms. The molecule has 0 radical (unpaired) electrons. The number of Topliss-reactive ketones (excluding diaryl/α,β-unsaturated/α-hetero) is 1. The number of carbonyl (C=O) groups excluding carboxylic acids is 1. The highest BCUT2D eigenvalue weighted by molar-refractivity contribution is 5.97. The van der Waals surface area contributed by atoms with Crippen LogP contribution in [-0.2, 0) is 6.42 Å². The molecule has 1 aromatic rings. The maximum atomic E-state index is 11.4. The summed E-state index contributed by atoms with van der Waals surface area (Å²) in [5.41, 5.74) is 6.76. The number of phenols is 1. The van der Waals surface area contributed by atoms with E-state index in [1.165, 1.54) is 6.92 Å². The maximum absolute atomic E-state index is 11.4. The average molecular weight is 302 g/mol. The number of benzene rings is 1. The van der Waals surface area contributed by atoms with Crippen LogP contribution in [0.3, 0.4) is 0 Å². The number of phenolic OH excluding ortho intramolecular Hbond substituents is 1. The van der Waals surface area contributed by atoms with Crippen molar-refractivity contribution in [2.24, 2.45) is 5.73 Å². The first-order valence-corrected chi connectivity index (χ1v) is 6.79. The zero-order valence-corrected chi connectivity index (χ0v) is 13.0. The van der Waals surface area contributed by atoms with Crippen molar-refractivity contribution in [2.45, 2.75) is 39.5 Å². The fraction of sp³-hybridized carbons (Fsp3) is 0.533. The van der Waals surface area contributed by atoms with Crippen LogP contribution in [0.4, 0.5) is 0 Å². The summed E-state index contributed by atoms with van der Waals surface area (Å²) in [5, 5.41) is 9.84. The molecule has 3 N–H and O–H groups in total. The van der Waals surface area contributed by atoms with Gasteiger partial charge in [0.25, 0.3) is 0 Å². The third-order valence-electron chi connectivity index (χ3n) is 2.93. The SMILES string of the molecule is CCCc1cc(C(C)=O)c(O)cc1OCCCCN.Cl. The van der Waals surface area contributed by atoms with E-state index in [9.17, 15) is 9.90 Å². The number of unbranched alkanes of at least 4 members (excludes halogenated alkanes) is 1. The zero-order chi connectivity index (χ0) is 14.3. The zero-order valence-electron chi connectivity index (χ0n) is 12.1. The molecule has 0 aliphatic heterocycles. The second-order valence-corrected chi connectivity index (χ2v) is 4.63. The van der Waals surface area contributed by atoms with Gasteiger partial charge >= 0.3 is 0 Å². The highest BCUT2D eigenvalue weighted by Crippen LogP contribution is 2.30. The van der Waals surface area contributed by atoms with Gasteiger partial charge in [0, 0.05) is 6.07 Å². The number of aromatic hydroxyl groups is 1. The molecular weight excluding hydrogens is 278 g/mol. The fourth-order valence-electron chi connectivity index (χ4n) is 1.92. The molecule has 5 heteroatoms. The van der Waals surface area contributed by atoms with E-state index in [0.29, 0.717) is 24.5 Å². The number of carbonyl (C=O) groups is 1. The fourth-order valence-corrected chi connectivity index (χ4v) is 1.92. The summed E-state index contributed by atoms with van der Waals surface area (Å²) in [6.07, 6.45) is 3.59. The second-order valence-electron chi connectivity index (χ2n) is 4.63. The van der Waals surface area contributed by atoms with E-state index in [0.717, 1.165) is 31.2 Å². The molecule has 0 unspecified atom stereocenters. The van der Waals surface area contributed by atoms with Crippen LogP contribution in [0.5, 0.6) is 11.5 Å². The van der Waals surface area contributed by atoms with E-state index in [2.05, 4.69) is 6.92 Å². The maximum Gasteiger partial charge on any atom is 0.163 e. The van der Waals surface area contributed by atoms with Crippen molar-refractivity contribution in [3.8, 4) is 11.5 Å². The summed E-state index contributed by atoms with van der Waals surface area (Å²) in [6, 6.07) is 3.28. The number of ether oxygens (including phenoxy) is 1. The number of nitrogens with two attached hydrogens (primary N) is 1. The first-order valence-electron chi connectivity index (χ1n) is 6.79. The van der Waals surface area contributed by atoms with E-state index in [-0.39, 0.29) is 23.9 Å². The number of hydrogen-bond acceptors (Lipinski definition) is 4. The highest BCUT2D eigenvalue weighted by Gasteiger charge is 2.13. The molecule has 0 fully saturated rings. The Morgan fingerprint density at radius 3 is 2.60 bits per heavy atom. The molecule has 0 amide bonds. The molecule has 4 nitrogen and oxygen atoms in total. The molecule has 1 rings (SSSR count). The summed E-state index contributed by atoms with van der Waals surface area (Å²) in [4.78, 5) is 11.4. The first-order chi connectivity index (χ1) is 9.10. The van der Waals surface area contributed by atoms with Crippen molar-refractivity contribution in [2.75, 3.05) is 13.2 Å². The minimum absolute atomic E-state index is 0. The third-order valence-corrected chi connectivity index (χ3v) is 2.93. The van der Waals surface area contributed by atoms with Crippen LogP contribution >= 0.6 is 12.4 Å². The quantitative estimate of drug-likeness (QED) is 0.572. The Bertz CT molecular complexity index is 435. The first kappa shape index (κ1) is 18.7. The number of hydrogen-bond donors (Lipinski definition) is 2. The molecule has 20 heavy (non-hydrogen) atoms. The van der Waals surface area contributed by atoms with Crippen molar-refractivity contribution < 1.29 is 14.6 Å². The molecule has 0 saturated carbocycles. The van der Waals surface area contributed by atoms with Crippen molar-refractivity contribution in [1.82, 2.24) is 0 Å². The van der Waals surface area contributed by atoms with Gasteiger partial charge < -0.3 is 15.6 Å². The third kappa shape index (κ3) is 5.39. The molecule has 0 bridgehead atoms. The molecule has 0 aliphatic carbocycles. The van der Waals surface area contributed by atoms with Crippen LogP contribution in [-0.4, -0.2) is 24.0 Å². The molecule has 1 aromatic carbocycles. The van der Waals surface area contributed by atoms with Gasteiger partial charge in [-0.15, -0.1) is 12.4 Å². The summed E-state index contributed by atoms with van der Waals surface area (Å²) < 4.78 is 5.68. The van der Waals surface area contributed by atoms with Crippen LogP contribution in [0.1, 0.15) is 49.0 Å². The topological polar surface area (TPSA) is 72.5 Å². The number of rotatable bonds is 8. The smallest absolute Gasteiger partial charge is 0.163 e. The van der Waals surface area contributed by atoms with Gasteiger partial charge in [-0.25, -0.2) is 0 Å². The van der Waals surface area contributed by atoms with Crippen LogP contribution in [0.15, 0.2) is 12.1 Å². The molecule has 0 aliphatic rings. The lowest BCUT2D eigenvalue weighted by molar-refractivity contribution is 0.101. The van der Waals surface area contributed by atoms with Gasteiger partial charge in [-0.1, -0.05) is 13.3 Å². The van der Waals surface area contributed by atoms with Crippen LogP contribution in [0.25, 0.3) is 0 Å². The monoisotopic (exact) mass is 301 g/mol. The number of aryl methyl sites for hydroxylation is 1. The van der Waals surface area contributed by atoms with Gasteiger partial charge in [-0.3, -0.25) is 4.79 Å². The average Bonchev–Trinajstić information content (AvgIpc) is 2.37. The molecule has 0 saturated heterocycles. The molecular formula is C15H24ClNO3. The van der Waals surface area contributed by atoms with Crippen LogP contribution in [0.2, 0.25) is 0 Å². The summed E-state index contributed by atoms with van der Waals surface area (Å²) >= 11 is 0.